The molecular formula is C16H16O9. The molecule has 0 amide bonds. The average molecular weight is 352 g/mol. The van der Waals surface area contributed by atoms with Crippen molar-refractivity contribution in [3.63, 3.8) is 0 Å². The number of hydrogen-bond acceptors (Lipinski definition) is 8. The SMILES string of the molecule is Cc1cc(=O)oc2cc(O[C@H]3O[C@H](C(=O)O)[C@H](O)[C@@H](O)[C@H]3O)ccc12. The molecule has 1 fully saturated rings. The highest BCUT2D eigenvalue weighted by molar-refractivity contribution is 5.81. The molecule has 1 saturated heterocycles. The van der Waals surface area contributed by atoms with Gasteiger partial charge in [-0.25, -0.2) is 9.59 Å². The van der Waals surface area contributed by atoms with Crippen LogP contribution < -0.4 is 10.4 Å². The second-order valence-electron chi connectivity index (χ2n) is 5.76. The third-order valence-corrected chi connectivity index (χ3v) is 3.99. The van der Waals surface area contributed by atoms with Gasteiger partial charge in [-0.2, -0.15) is 0 Å². The Morgan fingerprint density at radius 2 is 1.84 bits per heavy atom. The summed E-state index contributed by atoms with van der Waals surface area (Å²) in [5.74, 6) is -1.38. The second kappa shape index (κ2) is 6.45. The number of carboxylic acids is 1. The Hall–Kier alpha value is -2.46. The molecule has 0 saturated carbocycles. The van der Waals surface area contributed by atoms with E-state index < -0.39 is 42.3 Å². The molecule has 0 radical (unpaired) electrons. The zero-order valence-corrected chi connectivity index (χ0v) is 13.0. The molecule has 1 aromatic carbocycles. The molecule has 134 valence electrons. The van der Waals surface area contributed by atoms with Gasteiger partial charge in [-0.3, -0.25) is 0 Å². The van der Waals surface area contributed by atoms with E-state index in [2.05, 4.69) is 0 Å². The lowest BCUT2D eigenvalue weighted by Crippen LogP contribution is -2.61. The highest BCUT2D eigenvalue weighted by atomic mass is 16.7. The van der Waals surface area contributed by atoms with Crippen molar-refractivity contribution in [2.45, 2.75) is 37.6 Å². The monoisotopic (exact) mass is 352 g/mol. The van der Waals surface area contributed by atoms with Crippen LogP contribution >= 0.6 is 0 Å². The molecule has 2 heterocycles. The van der Waals surface area contributed by atoms with Crippen LogP contribution in [0, 0.1) is 6.92 Å². The predicted octanol–water partition coefficient (Wildman–Crippen LogP) is -0.628. The normalized spacial score (nSPS) is 29.5. The Kier molecular flexibility index (Phi) is 4.48. The largest absolute Gasteiger partial charge is 0.479 e. The Morgan fingerprint density at radius 1 is 1.12 bits per heavy atom. The van der Waals surface area contributed by atoms with Gasteiger partial charge < -0.3 is 34.3 Å². The number of aliphatic carboxylic acids is 1. The zero-order valence-electron chi connectivity index (χ0n) is 13.0. The van der Waals surface area contributed by atoms with Gasteiger partial charge >= 0.3 is 11.6 Å². The van der Waals surface area contributed by atoms with E-state index >= 15 is 0 Å². The molecule has 1 aliphatic heterocycles. The standard InChI is InChI=1S/C16H16O9/c1-6-4-10(17)24-9-5-7(2-3-8(6)9)23-16-13(20)11(18)12(19)14(25-16)15(21)22/h2-5,11-14,16,18-20H,1H3,(H,21,22)/t11-,12-,13-,14+,16+/m1/s1. The van der Waals surface area contributed by atoms with Crippen molar-refractivity contribution in [3.8, 4) is 5.75 Å². The number of benzene rings is 1. The van der Waals surface area contributed by atoms with Crippen molar-refractivity contribution in [1.82, 2.24) is 0 Å². The van der Waals surface area contributed by atoms with Crippen LogP contribution in [0.3, 0.4) is 0 Å². The molecule has 9 nitrogen and oxygen atoms in total. The van der Waals surface area contributed by atoms with Crippen LogP contribution in [0.5, 0.6) is 5.75 Å². The number of rotatable bonds is 3. The number of hydrogen-bond donors (Lipinski definition) is 4. The maximum Gasteiger partial charge on any atom is 0.336 e. The van der Waals surface area contributed by atoms with Gasteiger partial charge in [0.1, 0.15) is 29.6 Å². The molecule has 2 aromatic rings. The summed E-state index contributed by atoms with van der Waals surface area (Å²) in [4.78, 5) is 22.5. The first-order chi connectivity index (χ1) is 11.8. The van der Waals surface area contributed by atoms with Gasteiger partial charge in [0, 0.05) is 17.5 Å². The molecule has 3 rings (SSSR count). The van der Waals surface area contributed by atoms with Crippen molar-refractivity contribution in [2.24, 2.45) is 0 Å². The van der Waals surface area contributed by atoms with Crippen LogP contribution in [-0.4, -0.2) is 57.1 Å². The smallest absolute Gasteiger partial charge is 0.336 e. The number of aliphatic hydroxyl groups excluding tert-OH is 3. The van der Waals surface area contributed by atoms with Crippen LogP contribution in [-0.2, 0) is 9.53 Å². The van der Waals surface area contributed by atoms with E-state index in [1.165, 1.54) is 18.2 Å². The lowest BCUT2D eigenvalue weighted by atomic mass is 9.99. The number of carbonyl (C=O) groups is 1. The van der Waals surface area contributed by atoms with Crippen LogP contribution in [0.25, 0.3) is 11.0 Å². The molecule has 25 heavy (non-hydrogen) atoms. The summed E-state index contributed by atoms with van der Waals surface area (Å²) >= 11 is 0. The third kappa shape index (κ3) is 3.22. The van der Waals surface area contributed by atoms with E-state index in [0.29, 0.717) is 10.9 Å². The van der Waals surface area contributed by atoms with Crippen molar-refractivity contribution >= 4 is 16.9 Å². The molecule has 0 spiro atoms. The minimum absolute atomic E-state index is 0.123. The van der Waals surface area contributed by atoms with Crippen molar-refractivity contribution in [1.29, 1.82) is 0 Å². The number of ether oxygens (including phenoxy) is 2. The van der Waals surface area contributed by atoms with Crippen molar-refractivity contribution in [2.75, 3.05) is 0 Å². The first kappa shape index (κ1) is 17.4. The van der Waals surface area contributed by atoms with E-state index in [0.717, 1.165) is 0 Å². The predicted molar refractivity (Wildman–Crippen MR) is 82.2 cm³/mol. The number of aliphatic hydroxyl groups is 3. The highest BCUT2D eigenvalue weighted by Crippen LogP contribution is 2.27. The number of carboxylic acid groups (broad SMARTS) is 1. The molecule has 1 aromatic heterocycles. The molecule has 9 heteroatoms. The summed E-state index contributed by atoms with van der Waals surface area (Å²) < 4.78 is 15.5. The minimum Gasteiger partial charge on any atom is -0.479 e. The Balaban J connectivity index is 1.89. The van der Waals surface area contributed by atoms with Gasteiger partial charge in [-0.1, -0.05) is 0 Å². The zero-order chi connectivity index (χ0) is 18.3. The van der Waals surface area contributed by atoms with Crippen LogP contribution in [0.15, 0.2) is 33.5 Å². The lowest BCUT2D eigenvalue weighted by molar-refractivity contribution is -0.271. The summed E-state index contributed by atoms with van der Waals surface area (Å²) in [5, 5.41) is 39.1. The highest BCUT2D eigenvalue weighted by Gasteiger charge is 2.48. The average Bonchev–Trinajstić information content (AvgIpc) is 2.54. The van der Waals surface area contributed by atoms with Gasteiger partial charge in [-0.05, 0) is 24.6 Å². The van der Waals surface area contributed by atoms with E-state index in [1.54, 1.807) is 13.0 Å². The van der Waals surface area contributed by atoms with Crippen LogP contribution in [0.2, 0.25) is 0 Å². The first-order valence-corrected chi connectivity index (χ1v) is 7.41. The fraction of sp³-hybridized carbons (Fsp3) is 0.375. The van der Waals surface area contributed by atoms with Crippen molar-refractivity contribution in [3.05, 3.63) is 40.2 Å². The summed E-state index contributed by atoms with van der Waals surface area (Å²) in [6.07, 6.45) is -8.53. The quantitative estimate of drug-likeness (QED) is 0.530. The number of aryl methyl sites for hydroxylation is 1. The number of fused-ring (bicyclic) bond motifs is 1. The van der Waals surface area contributed by atoms with Gasteiger partial charge in [0.05, 0.1) is 0 Å². The van der Waals surface area contributed by atoms with Gasteiger partial charge in [-0.15, -0.1) is 0 Å². The maximum absolute atomic E-state index is 11.5. The van der Waals surface area contributed by atoms with E-state index in [1.807, 2.05) is 0 Å². The molecule has 4 N–H and O–H groups in total. The molecular weight excluding hydrogens is 336 g/mol. The molecule has 1 aliphatic rings. The van der Waals surface area contributed by atoms with Gasteiger partial charge in [0.15, 0.2) is 6.10 Å². The Labute approximate surface area is 140 Å². The fourth-order valence-electron chi connectivity index (χ4n) is 2.66. The maximum atomic E-state index is 11.5. The Morgan fingerprint density at radius 3 is 2.52 bits per heavy atom. The van der Waals surface area contributed by atoms with Crippen molar-refractivity contribution < 1.29 is 39.1 Å². The molecule has 5 atom stereocenters. The van der Waals surface area contributed by atoms with Gasteiger partial charge in [0.2, 0.25) is 6.29 Å². The third-order valence-electron chi connectivity index (χ3n) is 3.99. The summed E-state index contributed by atoms with van der Waals surface area (Å²) in [6, 6.07) is 5.86. The molecule has 0 aliphatic carbocycles. The minimum atomic E-state index is -1.80. The fourth-order valence-corrected chi connectivity index (χ4v) is 2.66. The van der Waals surface area contributed by atoms with Gasteiger partial charge in [0.25, 0.3) is 0 Å². The molecule has 0 bridgehead atoms. The van der Waals surface area contributed by atoms with E-state index in [-0.39, 0.29) is 11.3 Å². The Bertz CT molecular complexity index is 858. The van der Waals surface area contributed by atoms with Crippen LogP contribution in [0.4, 0.5) is 0 Å². The second-order valence-corrected chi connectivity index (χ2v) is 5.76. The van der Waals surface area contributed by atoms with Crippen LogP contribution in [0.1, 0.15) is 5.56 Å². The van der Waals surface area contributed by atoms with E-state index in [4.69, 9.17) is 19.0 Å². The molecule has 0 unspecified atom stereocenters. The lowest BCUT2D eigenvalue weighted by Gasteiger charge is -2.38. The topological polar surface area (TPSA) is 147 Å². The first-order valence-electron chi connectivity index (χ1n) is 7.41. The summed E-state index contributed by atoms with van der Waals surface area (Å²) in [7, 11) is 0. The van der Waals surface area contributed by atoms with E-state index in [9.17, 15) is 24.9 Å². The summed E-state index contributed by atoms with van der Waals surface area (Å²) in [6.45, 7) is 1.74. The summed E-state index contributed by atoms with van der Waals surface area (Å²) in [5.41, 5.74) is 0.403.